The van der Waals surface area contributed by atoms with Crippen molar-refractivity contribution in [3.05, 3.63) is 0 Å². The summed E-state index contributed by atoms with van der Waals surface area (Å²) in [5.74, 6) is 2.23. The Labute approximate surface area is 113 Å². The first-order valence-electron chi connectivity index (χ1n) is 7.25. The van der Waals surface area contributed by atoms with Gasteiger partial charge in [0.1, 0.15) is 0 Å². The maximum absolute atomic E-state index is 3.11. The fraction of sp³-hybridized carbons (Fsp3) is 1.00. The Kier molecular flexibility index (Phi) is 6.20. The van der Waals surface area contributed by atoms with E-state index in [1.54, 1.807) is 0 Å². The van der Waals surface area contributed by atoms with Crippen LogP contribution in [0, 0.1) is 28.6 Å². The molecule has 0 radical (unpaired) electrons. The van der Waals surface area contributed by atoms with Crippen LogP contribution in [-0.2, 0) is 0 Å². The lowest BCUT2D eigenvalue weighted by atomic mass is 9.56. The van der Waals surface area contributed by atoms with Crippen molar-refractivity contribution in [3.8, 4) is 0 Å². The molecule has 0 aromatic carbocycles. The third-order valence-corrected chi connectivity index (χ3v) is 7.36. The highest BCUT2D eigenvalue weighted by atomic mass is 31.0. The average Bonchev–Trinajstić information content (AvgIpc) is 2.25. The van der Waals surface area contributed by atoms with Gasteiger partial charge in [-0.05, 0) is 34.2 Å². The van der Waals surface area contributed by atoms with Crippen LogP contribution in [0.15, 0.2) is 0 Å². The van der Waals surface area contributed by atoms with Gasteiger partial charge in [0.2, 0.25) is 0 Å². The van der Waals surface area contributed by atoms with E-state index >= 15 is 0 Å². The van der Waals surface area contributed by atoms with Crippen molar-refractivity contribution in [1.82, 2.24) is 0 Å². The third kappa shape index (κ3) is 3.46. The molecular weight excluding hydrogens is 223 g/mol. The fourth-order valence-electron chi connectivity index (χ4n) is 2.58. The van der Waals surface area contributed by atoms with Crippen LogP contribution in [0.1, 0.15) is 68.7 Å². The van der Waals surface area contributed by atoms with Gasteiger partial charge in [0.05, 0.1) is 0 Å². The predicted molar refractivity (Wildman–Crippen MR) is 84.5 cm³/mol. The van der Waals surface area contributed by atoms with Gasteiger partial charge in [-0.2, -0.15) is 0 Å². The molecule has 0 aromatic heterocycles. The highest BCUT2D eigenvalue weighted by Crippen LogP contribution is 2.52. The summed E-state index contributed by atoms with van der Waals surface area (Å²) in [5.41, 5.74) is 1.44. The van der Waals surface area contributed by atoms with Crippen molar-refractivity contribution in [2.45, 2.75) is 74.4 Å². The van der Waals surface area contributed by atoms with E-state index in [1.807, 2.05) is 0 Å². The molecule has 104 valence electrons. The Morgan fingerprint density at radius 1 is 0.882 bits per heavy atom. The second-order valence-corrected chi connectivity index (χ2v) is 8.12. The van der Waals surface area contributed by atoms with Crippen molar-refractivity contribution >= 4 is 9.24 Å². The minimum Gasteiger partial charge on any atom is -0.134 e. The molecule has 0 aliphatic rings. The molecule has 4 atom stereocenters. The molecule has 0 amide bonds. The Morgan fingerprint density at radius 3 is 1.59 bits per heavy atom. The van der Waals surface area contributed by atoms with E-state index in [9.17, 15) is 0 Å². The summed E-state index contributed by atoms with van der Waals surface area (Å²) in [6, 6.07) is 0. The van der Waals surface area contributed by atoms with Gasteiger partial charge in [0.15, 0.2) is 0 Å². The summed E-state index contributed by atoms with van der Waals surface area (Å²) in [6.07, 6.45) is 1.27. The summed E-state index contributed by atoms with van der Waals surface area (Å²) in [4.78, 5) is 0. The summed E-state index contributed by atoms with van der Waals surface area (Å²) in [7, 11) is 3.11. The molecule has 0 heterocycles. The van der Waals surface area contributed by atoms with Gasteiger partial charge in [0, 0.05) is 0 Å². The smallest absolute Gasteiger partial charge is 0.0208 e. The molecule has 0 N–H and O–H groups in total. The van der Waals surface area contributed by atoms with E-state index in [2.05, 4.69) is 71.6 Å². The molecule has 4 unspecified atom stereocenters. The number of hydrogen-bond acceptors (Lipinski definition) is 0. The van der Waals surface area contributed by atoms with Gasteiger partial charge < -0.3 is 0 Å². The van der Waals surface area contributed by atoms with E-state index < -0.39 is 0 Å². The minimum atomic E-state index is 0.358. The van der Waals surface area contributed by atoms with Crippen LogP contribution >= 0.6 is 9.24 Å². The van der Waals surface area contributed by atoms with Crippen LogP contribution in [0.2, 0.25) is 0 Å². The van der Waals surface area contributed by atoms with Crippen LogP contribution < -0.4 is 0 Å². The molecule has 0 nitrogen and oxygen atoms in total. The van der Waals surface area contributed by atoms with Gasteiger partial charge in [-0.15, -0.1) is 9.24 Å². The Bertz CT molecular complexity index is 228. The van der Waals surface area contributed by atoms with Crippen LogP contribution in [-0.4, -0.2) is 5.66 Å². The molecule has 0 spiro atoms. The zero-order valence-electron chi connectivity index (χ0n) is 13.6. The number of rotatable bonds is 6. The normalized spacial score (nSPS) is 19.2. The summed E-state index contributed by atoms with van der Waals surface area (Å²) >= 11 is 0. The highest BCUT2D eigenvalue weighted by molar-refractivity contribution is 7.17. The largest absolute Gasteiger partial charge is 0.134 e. The molecule has 0 aromatic rings. The highest BCUT2D eigenvalue weighted by Gasteiger charge is 2.45. The van der Waals surface area contributed by atoms with Crippen LogP contribution in [0.3, 0.4) is 0 Å². The molecule has 0 rings (SSSR count). The van der Waals surface area contributed by atoms with Gasteiger partial charge in [-0.25, -0.2) is 0 Å². The lowest BCUT2D eigenvalue weighted by Crippen LogP contribution is -2.45. The van der Waals surface area contributed by atoms with E-state index in [0.29, 0.717) is 22.4 Å². The standard InChI is InChI=1S/C16H35P/c1-10-12(4)14(17)13(5)16(8,9)15(6,7)11(2)3/h11-14H,10,17H2,1-9H3. The number of hydrogen-bond donors (Lipinski definition) is 0. The second kappa shape index (κ2) is 6.05. The summed E-state index contributed by atoms with van der Waals surface area (Å²) in [5, 5.41) is 0. The van der Waals surface area contributed by atoms with Gasteiger partial charge in [-0.1, -0.05) is 68.7 Å². The Hall–Kier alpha value is 0.430. The van der Waals surface area contributed by atoms with Crippen molar-refractivity contribution in [2.75, 3.05) is 0 Å². The van der Waals surface area contributed by atoms with Gasteiger partial charge in [-0.3, -0.25) is 0 Å². The zero-order chi connectivity index (χ0) is 14.0. The summed E-state index contributed by atoms with van der Waals surface area (Å²) < 4.78 is 0. The lowest BCUT2D eigenvalue weighted by molar-refractivity contribution is 0.000718. The topological polar surface area (TPSA) is 0 Å². The Morgan fingerprint density at radius 2 is 1.29 bits per heavy atom. The molecule has 0 fully saturated rings. The van der Waals surface area contributed by atoms with Gasteiger partial charge >= 0.3 is 0 Å². The molecule has 0 saturated carbocycles. The van der Waals surface area contributed by atoms with E-state index in [1.165, 1.54) is 6.42 Å². The van der Waals surface area contributed by atoms with E-state index in [4.69, 9.17) is 0 Å². The molecule has 1 heteroatoms. The second-order valence-electron chi connectivity index (χ2n) is 7.35. The fourth-order valence-corrected chi connectivity index (χ4v) is 3.33. The SMILES string of the molecule is CCC(C)C(P)C(C)C(C)(C)C(C)(C)C(C)C. The molecular formula is C16H35P. The predicted octanol–water partition coefficient (Wildman–Crippen LogP) is 5.62. The monoisotopic (exact) mass is 258 g/mol. The molecule has 0 bridgehead atoms. The van der Waals surface area contributed by atoms with Crippen LogP contribution in [0.4, 0.5) is 0 Å². The quantitative estimate of drug-likeness (QED) is 0.542. The first-order chi connectivity index (χ1) is 7.50. The van der Waals surface area contributed by atoms with E-state index in [0.717, 1.165) is 11.8 Å². The van der Waals surface area contributed by atoms with Crippen molar-refractivity contribution in [2.24, 2.45) is 28.6 Å². The average molecular weight is 258 g/mol. The zero-order valence-corrected chi connectivity index (χ0v) is 14.7. The maximum Gasteiger partial charge on any atom is -0.0208 e. The lowest BCUT2D eigenvalue weighted by Gasteiger charge is -2.51. The first-order valence-corrected chi connectivity index (χ1v) is 7.92. The van der Waals surface area contributed by atoms with Crippen molar-refractivity contribution in [3.63, 3.8) is 0 Å². The van der Waals surface area contributed by atoms with Crippen molar-refractivity contribution < 1.29 is 0 Å². The molecule has 0 aliphatic heterocycles. The van der Waals surface area contributed by atoms with Crippen molar-refractivity contribution in [1.29, 1.82) is 0 Å². The molecule has 0 aliphatic carbocycles. The minimum absolute atomic E-state index is 0.358. The van der Waals surface area contributed by atoms with Gasteiger partial charge in [0.25, 0.3) is 0 Å². The molecule has 0 saturated heterocycles. The van der Waals surface area contributed by atoms with Crippen LogP contribution in [0.25, 0.3) is 0 Å². The molecule has 17 heavy (non-hydrogen) atoms. The maximum atomic E-state index is 3.11. The van der Waals surface area contributed by atoms with E-state index in [-0.39, 0.29) is 0 Å². The van der Waals surface area contributed by atoms with Crippen LogP contribution in [0.5, 0.6) is 0 Å². The first kappa shape index (κ1) is 17.4. The third-order valence-electron chi connectivity index (χ3n) is 6.12. The Balaban J connectivity index is 5.05. The summed E-state index contributed by atoms with van der Waals surface area (Å²) in [6.45, 7) is 21.6.